The minimum absolute atomic E-state index is 0.0180. The predicted molar refractivity (Wildman–Crippen MR) is 552 cm³/mol. The molecule has 149 heavy (non-hydrogen) atoms. The number of allylic oxidation sites excluding steroid dienone is 1. The normalized spacial score (nSPS) is 20.9. The van der Waals surface area contributed by atoms with Gasteiger partial charge >= 0.3 is 30.0 Å². The van der Waals surface area contributed by atoms with E-state index in [4.69, 9.17) is 47.4 Å². The van der Waals surface area contributed by atoms with Gasteiger partial charge in [0.05, 0.1) is 49.3 Å². The maximum Gasteiger partial charge on any atom is 0.508 e. The fourth-order valence-corrected chi connectivity index (χ4v) is 21.7. The largest absolute Gasteiger partial charge is 0.508 e. The number of carbonyl (C=O) groups excluding carboxylic acids is 12. The van der Waals surface area contributed by atoms with Crippen LogP contribution in [0.25, 0.3) is 0 Å². The van der Waals surface area contributed by atoms with Gasteiger partial charge in [-0.1, -0.05) is 282 Å². The molecule has 29 nitrogen and oxygen atoms in total. The molecule has 13 atom stereocenters. The standard InChI is InChI=1S/C120H122N6O23/c1-77-96(145-113(137)105(103(82-40-20-10-21-41-82)125-109(133)83-42-22-11-23-43-83)149-120(88-50-30-15-31-51-88,89-52-32-16-33-53-89)90-60-66-93(141-8)67-61-90)74-118(139)108(147-112(136)84-44-24-12-25-45-84)106-116(6,107(132)104(144-78(2)127)102(77)115(118,4)5)97(73-98-117(106,76-143-98)148-79(3)128)146-114(138)142-75-81-56-62-91(63-57-81)122-110(134)94(124-111(135)95(72-80-38-18-9-19-39-80)123-99(129)55-34-17-37-71-126-100(130)68-69-101(126)131)54-35-36-70-121-119(85-46-26-13-27-47-85,86-48-28-14-29-49-86)87-58-64-92(140-7)65-59-87/h9-16,18-33,38-53,56-69,77,94-98,103,105-106,108,121,139H,17,34-37,54-55,70-76H2,1-8H3,(H,122,134)(H,123,129)(H,124,135)(H,125,133)/t77?,94-,95?,96?,97-,98?,103?,105?,106?,108?,116+,117?,118+/m0/s1. The summed E-state index contributed by atoms with van der Waals surface area (Å²) in [5.41, 5.74) is -5.65. The first-order valence-electron chi connectivity index (χ1n) is 50.2. The number of hydrogen-bond donors (Lipinski definition) is 6. The van der Waals surface area contributed by atoms with Gasteiger partial charge in [-0.25, -0.2) is 14.4 Å². The predicted octanol–water partition coefficient (Wildman–Crippen LogP) is 16.7. The topological polar surface area (TPSA) is 381 Å². The van der Waals surface area contributed by atoms with Crippen LogP contribution in [0.5, 0.6) is 11.5 Å². The Balaban J connectivity index is 0.708. The fraction of sp³-hybridized carbons (Fsp3) is 0.317. The van der Waals surface area contributed by atoms with E-state index < -0.39 is 197 Å². The molecule has 6 amide bonds. The van der Waals surface area contributed by atoms with Crippen molar-refractivity contribution in [3.8, 4) is 11.5 Å². The van der Waals surface area contributed by atoms with Gasteiger partial charge in [0.25, 0.3) is 17.7 Å². The fourth-order valence-electron chi connectivity index (χ4n) is 21.7. The van der Waals surface area contributed by atoms with Crippen molar-refractivity contribution in [2.24, 2.45) is 22.7 Å². The van der Waals surface area contributed by atoms with Gasteiger partial charge in [0.2, 0.25) is 23.5 Å². The quantitative estimate of drug-likeness (QED) is 0.00680. The van der Waals surface area contributed by atoms with Crippen molar-refractivity contribution in [2.75, 3.05) is 39.2 Å². The van der Waals surface area contributed by atoms with Gasteiger partial charge < -0.3 is 73.7 Å². The maximum atomic E-state index is 17.4. The molecule has 0 spiro atoms. The number of methoxy groups -OCH3 is 2. The van der Waals surface area contributed by atoms with E-state index >= 15 is 38.7 Å². The molecule has 1 saturated heterocycles. The molecule has 29 heteroatoms. The van der Waals surface area contributed by atoms with Crippen molar-refractivity contribution in [1.29, 1.82) is 0 Å². The van der Waals surface area contributed by atoms with Crippen LogP contribution in [0, 0.1) is 22.7 Å². The Morgan fingerprint density at radius 2 is 1.05 bits per heavy atom. The average molecular weight is 2020 g/mol. The second kappa shape index (κ2) is 46.9. The number of fused-ring (bicyclic) bond motifs is 5. The highest BCUT2D eigenvalue weighted by Gasteiger charge is 2.79. The average Bonchev–Trinajstić information content (AvgIpc) is 0.908. The Hall–Kier alpha value is -15.8. The molecule has 2 aliphatic heterocycles. The number of nitrogens with one attached hydrogen (secondary N) is 5. The molecule has 6 N–H and O–H groups in total. The first-order chi connectivity index (χ1) is 71.9. The third kappa shape index (κ3) is 22.8. The van der Waals surface area contributed by atoms with E-state index in [1.807, 2.05) is 152 Å². The summed E-state index contributed by atoms with van der Waals surface area (Å²) in [5.74, 6) is -11.0. The SMILES string of the molecule is COc1ccc(C(NCCCC[C@H](NC(=O)C(Cc2ccccc2)NC(=O)CCCCCN2C(=O)C=CC2=O)C(=O)Nc2ccc(COC(=O)O[C@H]3CC4OCC4(OC(C)=O)C4C(OC(=O)c5ccccc5)[C@]5(O)CC(OC(=O)C(OC(c6ccccc6)(c6ccccc6)c6ccc(OC)cc6)C(NC(=O)c6ccccc6)c6ccccc6)C(C)C(=C(OC(C)=O)C(=O)[C@@]43C)C5(C)C)cc2)(c2ccccc2)c2ccccc2)cc1. The Morgan fingerprint density at radius 3 is 1.60 bits per heavy atom. The summed E-state index contributed by atoms with van der Waals surface area (Å²) < 4.78 is 64.8. The van der Waals surface area contributed by atoms with E-state index in [1.165, 1.54) is 38.3 Å². The Labute approximate surface area is 865 Å². The first kappa shape index (κ1) is 106. The van der Waals surface area contributed by atoms with Gasteiger partial charge in [-0.05, 0) is 162 Å². The summed E-state index contributed by atoms with van der Waals surface area (Å²) in [5, 5.41) is 31.1. The number of amides is 6. The van der Waals surface area contributed by atoms with Gasteiger partial charge in [-0.2, -0.15) is 0 Å². The lowest BCUT2D eigenvalue weighted by atomic mass is 9.45. The molecule has 9 unspecified atom stereocenters. The van der Waals surface area contributed by atoms with Crippen LogP contribution in [0.15, 0.2) is 339 Å². The molecule has 11 aromatic rings. The van der Waals surface area contributed by atoms with E-state index in [0.717, 1.165) is 41.0 Å². The molecule has 2 heterocycles. The number of unbranched alkanes of at least 4 members (excludes halogenated alkanes) is 3. The summed E-state index contributed by atoms with van der Waals surface area (Å²) in [6.45, 7) is 7.86. The van der Waals surface area contributed by atoms with Crippen LogP contribution in [0.3, 0.4) is 0 Å². The lowest BCUT2D eigenvalue weighted by Gasteiger charge is -2.67. The number of ether oxygens (including phenoxy) is 10. The molecule has 770 valence electrons. The number of imide groups is 1. The van der Waals surface area contributed by atoms with Crippen LogP contribution < -0.4 is 36.1 Å². The Bertz CT molecular complexity index is 6570. The summed E-state index contributed by atoms with van der Waals surface area (Å²) in [6, 6.07) is 89.6. The van der Waals surface area contributed by atoms with Crippen molar-refractivity contribution in [3.05, 3.63) is 400 Å². The van der Waals surface area contributed by atoms with Crippen molar-refractivity contribution in [1.82, 2.24) is 26.2 Å². The molecule has 0 aromatic heterocycles. The smallest absolute Gasteiger partial charge is 0.497 e. The minimum atomic E-state index is -2.69. The second-order valence-corrected chi connectivity index (χ2v) is 38.9. The van der Waals surface area contributed by atoms with Gasteiger partial charge in [-0.15, -0.1) is 0 Å². The minimum Gasteiger partial charge on any atom is -0.497 e. The molecule has 5 aliphatic rings. The zero-order chi connectivity index (χ0) is 105. The Morgan fingerprint density at radius 1 is 0.530 bits per heavy atom. The van der Waals surface area contributed by atoms with Crippen molar-refractivity contribution in [3.63, 3.8) is 0 Å². The number of Topliss-reactive ketones (excluding diaryl/α,β-unsaturated/α-hetero) is 1. The number of esters is 4. The van der Waals surface area contributed by atoms with Crippen LogP contribution in [-0.2, 0) is 105 Å². The zero-order valence-corrected chi connectivity index (χ0v) is 84.2. The number of aliphatic hydroxyl groups is 1. The summed E-state index contributed by atoms with van der Waals surface area (Å²) in [7, 11) is 3.14. The highest BCUT2D eigenvalue weighted by molar-refractivity contribution is 6.13. The lowest BCUT2D eigenvalue weighted by Crippen LogP contribution is -2.81. The lowest BCUT2D eigenvalue weighted by molar-refractivity contribution is -0.345. The third-order valence-electron chi connectivity index (χ3n) is 29.4. The van der Waals surface area contributed by atoms with E-state index in [-0.39, 0.29) is 48.2 Å². The van der Waals surface area contributed by atoms with E-state index in [9.17, 15) is 24.0 Å². The van der Waals surface area contributed by atoms with Crippen molar-refractivity contribution < 1.29 is 110 Å². The molecule has 11 aromatic carbocycles. The van der Waals surface area contributed by atoms with Crippen molar-refractivity contribution in [2.45, 2.75) is 183 Å². The number of nitrogens with zero attached hydrogens (tertiary/aromatic N) is 1. The Kier molecular flexibility index (Phi) is 33.4. The second-order valence-electron chi connectivity index (χ2n) is 38.9. The van der Waals surface area contributed by atoms with Crippen LogP contribution in [0.2, 0.25) is 0 Å². The number of carbonyl (C=O) groups is 12. The molecule has 3 fully saturated rings. The molecular formula is C120H122N6O23. The highest BCUT2D eigenvalue weighted by atomic mass is 16.7. The number of anilines is 1. The van der Waals surface area contributed by atoms with Gasteiger partial charge in [0.15, 0.2) is 17.5 Å². The van der Waals surface area contributed by atoms with Crippen LogP contribution in [-0.4, -0.2) is 169 Å². The molecule has 0 radical (unpaired) electrons. The highest BCUT2D eigenvalue weighted by Crippen LogP contribution is 2.66. The monoisotopic (exact) mass is 2010 g/mol. The maximum absolute atomic E-state index is 17.4. The van der Waals surface area contributed by atoms with E-state index in [2.05, 4.69) is 50.8 Å². The number of benzene rings is 11. The van der Waals surface area contributed by atoms with Crippen LogP contribution in [0.1, 0.15) is 176 Å². The van der Waals surface area contributed by atoms with Gasteiger partial charge in [-0.3, -0.25) is 53.4 Å². The third-order valence-corrected chi connectivity index (χ3v) is 29.4. The summed E-state index contributed by atoms with van der Waals surface area (Å²) >= 11 is 0. The summed E-state index contributed by atoms with van der Waals surface area (Å²) in [4.78, 5) is 179. The van der Waals surface area contributed by atoms with Gasteiger partial charge in [0.1, 0.15) is 65.8 Å². The zero-order valence-electron chi connectivity index (χ0n) is 84.2. The number of hydrogen-bond acceptors (Lipinski definition) is 24. The van der Waals surface area contributed by atoms with E-state index in [1.54, 1.807) is 155 Å². The number of rotatable bonds is 42. The number of ketones is 1. The van der Waals surface area contributed by atoms with Crippen molar-refractivity contribution >= 4 is 76.9 Å². The molecule has 16 rings (SSSR count). The molecular weight excluding hydrogens is 1890 g/mol. The van der Waals surface area contributed by atoms with Gasteiger partial charge in [0, 0.05) is 80.8 Å². The molecule has 2 bridgehead atoms. The van der Waals surface area contributed by atoms with E-state index in [0.29, 0.717) is 78.0 Å². The van der Waals surface area contributed by atoms with Crippen LogP contribution >= 0.6 is 0 Å². The first-order valence-corrected chi connectivity index (χ1v) is 50.2. The molecule has 2 saturated carbocycles. The van der Waals surface area contributed by atoms with Crippen LogP contribution in [0.4, 0.5) is 10.5 Å². The summed E-state index contributed by atoms with van der Waals surface area (Å²) in [6.07, 6.45) is -6.45. The molecule has 3 aliphatic carbocycles.